The number of rotatable bonds is 0. The lowest BCUT2D eigenvalue weighted by molar-refractivity contribution is 0.567. The van der Waals surface area contributed by atoms with Crippen LogP contribution in [0.15, 0.2) is 4.52 Å². The minimum absolute atomic E-state index is 0.858. The van der Waals surface area contributed by atoms with Crippen LogP contribution in [0.1, 0.15) is 12.8 Å². The first kappa shape index (κ1) is 10.5. The van der Waals surface area contributed by atoms with E-state index >= 15 is 0 Å². The Morgan fingerprint density at radius 3 is 2.58 bits per heavy atom. The summed E-state index contributed by atoms with van der Waals surface area (Å²) >= 11 is 0. The smallest absolute Gasteiger partial charge is 0.250 e. The number of nitrogens with one attached hydrogen (secondary N) is 1. The van der Waals surface area contributed by atoms with Crippen LogP contribution in [0, 0.1) is 0 Å². The average molecular weight is 208 g/mol. The molecule has 0 spiro atoms. The Morgan fingerprint density at radius 2 is 1.92 bits per heavy atom. The molecule has 72 valence electrons. The molecule has 1 aliphatic heterocycles. The van der Waals surface area contributed by atoms with Gasteiger partial charge in [-0.2, -0.15) is 0 Å². The molecule has 1 N–H and O–H groups in total. The Kier molecular flexibility index (Phi) is 3.20. The highest BCUT2D eigenvalue weighted by Crippen LogP contribution is 2.55. The van der Waals surface area contributed by atoms with Crippen LogP contribution in [0.5, 0.6) is 0 Å². The van der Waals surface area contributed by atoms with E-state index in [1.807, 2.05) is 0 Å². The van der Waals surface area contributed by atoms with E-state index in [2.05, 4.69) is 22.9 Å². The first-order chi connectivity index (χ1) is 5.41. The van der Waals surface area contributed by atoms with Crippen molar-refractivity contribution in [2.24, 2.45) is 4.52 Å². The molecule has 5 heteroatoms. The van der Waals surface area contributed by atoms with Gasteiger partial charge in [-0.25, -0.2) is 9.60 Å². The minimum atomic E-state index is -2.35. The van der Waals surface area contributed by atoms with E-state index in [-0.39, 0.29) is 0 Å². The monoisotopic (exact) mass is 208 g/mol. The molecule has 0 aromatic rings. The number of hydrogen-bond donors (Lipinski definition) is 1. The van der Waals surface area contributed by atoms with Gasteiger partial charge in [-0.3, -0.25) is 4.57 Å². The molecule has 1 heterocycles. The average Bonchev–Trinajstić information content (AvgIpc) is 1.80. The summed E-state index contributed by atoms with van der Waals surface area (Å²) in [6, 6.07) is 0. The normalized spacial score (nSPS) is 36.2. The molecule has 1 aliphatic rings. The fourth-order valence-corrected chi connectivity index (χ4v) is 7.33. The SMILES string of the molecule is CP1(=O)N=P(C)(C)CCCCN1. The second-order valence-electron chi connectivity index (χ2n) is 3.93. The van der Waals surface area contributed by atoms with Gasteiger partial charge in [0.15, 0.2) is 0 Å². The summed E-state index contributed by atoms with van der Waals surface area (Å²) in [5.41, 5.74) is 0. The molecule has 0 radical (unpaired) electrons. The van der Waals surface area contributed by atoms with Crippen molar-refractivity contribution in [3.8, 4) is 0 Å². The Labute approximate surface area is 74.9 Å². The van der Waals surface area contributed by atoms with Gasteiger partial charge < -0.3 is 0 Å². The molecule has 1 rings (SSSR count). The predicted octanol–water partition coefficient (Wildman–Crippen LogP) is 2.65. The summed E-state index contributed by atoms with van der Waals surface area (Å²) in [5, 5.41) is 3.03. The summed E-state index contributed by atoms with van der Waals surface area (Å²) in [7, 11) is -3.58. The van der Waals surface area contributed by atoms with Crippen molar-refractivity contribution in [2.45, 2.75) is 12.8 Å². The minimum Gasteiger partial charge on any atom is -0.281 e. The second kappa shape index (κ2) is 3.65. The molecule has 0 bridgehead atoms. The van der Waals surface area contributed by atoms with Crippen LogP contribution in [-0.4, -0.2) is 32.7 Å². The molecule has 0 saturated carbocycles. The van der Waals surface area contributed by atoms with E-state index < -0.39 is 14.5 Å². The van der Waals surface area contributed by atoms with Gasteiger partial charge in [0.25, 0.3) is 7.44 Å². The molecule has 0 aliphatic carbocycles. The van der Waals surface area contributed by atoms with E-state index in [4.69, 9.17) is 0 Å². The van der Waals surface area contributed by atoms with E-state index in [0.29, 0.717) is 0 Å². The zero-order valence-electron chi connectivity index (χ0n) is 8.08. The topological polar surface area (TPSA) is 41.5 Å². The first-order valence-corrected chi connectivity index (χ1v) is 9.25. The van der Waals surface area contributed by atoms with E-state index in [1.165, 1.54) is 6.42 Å². The van der Waals surface area contributed by atoms with Gasteiger partial charge in [-0.1, -0.05) is 0 Å². The Morgan fingerprint density at radius 1 is 1.25 bits per heavy atom. The molecule has 0 saturated heterocycles. The third-order valence-corrected chi connectivity index (χ3v) is 7.47. The van der Waals surface area contributed by atoms with Crippen LogP contribution in [0.25, 0.3) is 0 Å². The largest absolute Gasteiger partial charge is 0.281 e. The maximum atomic E-state index is 11.8. The van der Waals surface area contributed by atoms with Gasteiger partial charge in [0, 0.05) is 13.2 Å². The van der Waals surface area contributed by atoms with Crippen LogP contribution in [0.4, 0.5) is 0 Å². The van der Waals surface area contributed by atoms with Crippen LogP contribution >= 0.6 is 14.5 Å². The van der Waals surface area contributed by atoms with Crippen molar-refractivity contribution in [3.05, 3.63) is 0 Å². The molecule has 0 aromatic carbocycles. The van der Waals surface area contributed by atoms with Crippen molar-refractivity contribution in [3.63, 3.8) is 0 Å². The number of nitrogens with zero attached hydrogens (tertiary/aromatic N) is 1. The summed E-state index contributed by atoms with van der Waals surface area (Å²) < 4.78 is 16.2. The van der Waals surface area contributed by atoms with Crippen LogP contribution in [-0.2, 0) is 4.57 Å². The molecule has 1 unspecified atom stereocenters. The third kappa shape index (κ3) is 3.43. The first-order valence-electron chi connectivity index (χ1n) is 4.32. The van der Waals surface area contributed by atoms with Gasteiger partial charge >= 0.3 is 0 Å². The molecular formula is C7H18N2OP2. The Balaban J connectivity index is 2.91. The summed E-state index contributed by atoms with van der Waals surface area (Å²) in [6.07, 6.45) is 3.51. The molecule has 0 fully saturated rings. The maximum Gasteiger partial charge on any atom is 0.250 e. The zero-order chi connectivity index (χ0) is 9.24. The summed E-state index contributed by atoms with van der Waals surface area (Å²) in [4.78, 5) is 0. The fourth-order valence-electron chi connectivity index (χ4n) is 1.45. The lowest BCUT2D eigenvalue weighted by Gasteiger charge is -2.21. The van der Waals surface area contributed by atoms with Crippen molar-refractivity contribution in [2.75, 3.05) is 32.7 Å². The molecule has 0 aromatic heterocycles. The van der Waals surface area contributed by atoms with E-state index in [0.717, 1.165) is 19.1 Å². The summed E-state index contributed by atoms with van der Waals surface area (Å²) in [6.45, 7) is 6.92. The molecule has 0 amide bonds. The fraction of sp³-hybridized carbons (Fsp3) is 1.00. The standard InChI is InChI=1S/C7H18N2OP2/c1-11(2)7-5-4-6-8-12(3,10)9-11/h4-7H2,1-3H3,(H,8,10). The van der Waals surface area contributed by atoms with E-state index in [9.17, 15) is 4.57 Å². The van der Waals surface area contributed by atoms with Gasteiger partial charge in [0.2, 0.25) is 0 Å². The Bertz CT molecular complexity index is 256. The lowest BCUT2D eigenvalue weighted by Crippen LogP contribution is -2.12. The highest BCUT2D eigenvalue weighted by molar-refractivity contribution is 7.74. The van der Waals surface area contributed by atoms with Gasteiger partial charge in [0.1, 0.15) is 0 Å². The zero-order valence-corrected chi connectivity index (χ0v) is 9.87. The maximum absolute atomic E-state index is 11.8. The Hall–Kier alpha value is 0.420. The molecular weight excluding hydrogens is 190 g/mol. The third-order valence-electron chi connectivity index (χ3n) is 1.95. The van der Waals surface area contributed by atoms with Gasteiger partial charge in [-0.05, 0) is 39.4 Å². The van der Waals surface area contributed by atoms with Crippen molar-refractivity contribution < 1.29 is 4.57 Å². The molecule has 3 nitrogen and oxygen atoms in total. The van der Waals surface area contributed by atoms with Crippen LogP contribution < -0.4 is 5.09 Å². The van der Waals surface area contributed by atoms with Crippen LogP contribution in [0.2, 0.25) is 0 Å². The van der Waals surface area contributed by atoms with Crippen molar-refractivity contribution in [1.82, 2.24) is 5.09 Å². The van der Waals surface area contributed by atoms with Crippen LogP contribution in [0.3, 0.4) is 0 Å². The molecule has 12 heavy (non-hydrogen) atoms. The predicted molar refractivity (Wildman–Crippen MR) is 56.8 cm³/mol. The second-order valence-corrected chi connectivity index (χ2v) is 10.4. The summed E-state index contributed by atoms with van der Waals surface area (Å²) in [5.74, 6) is 0. The highest BCUT2D eigenvalue weighted by atomic mass is 31.2. The van der Waals surface area contributed by atoms with E-state index in [1.54, 1.807) is 6.66 Å². The quantitative estimate of drug-likeness (QED) is 0.622. The van der Waals surface area contributed by atoms with Crippen molar-refractivity contribution >= 4 is 14.5 Å². The number of hydrogen-bond acceptors (Lipinski definition) is 1. The van der Waals surface area contributed by atoms with Gasteiger partial charge in [-0.15, -0.1) is 0 Å². The lowest BCUT2D eigenvalue weighted by atomic mass is 10.3. The van der Waals surface area contributed by atoms with Crippen molar-refractivity contribution in [1.29, 1.82) is 0 Å². The molecule has 1 atom stereocenters. The highest BCUT2D eigenvalue weighted by Gasteiger charge is 2.18. The van der Waals surface area contributed by atoms with Gasteiger partial charge in [0.05, 0.1) is 0 Å².